The first kappa shape index (κ1) is 11.8. The number of benzene rings is 1. The van der Waals surface area contributed by atoms with E-state index in [0.29, 0.717) is 12.0 Å². The summed E-state index contributed by atoms with van der Waals surface area (Å²) in [6.45, 7) is 0.215. The molecule has 1 amide bonds. The molecule has 0 bridgehead atoms. The van der Waals surface area contributed by atoms with Gasteiger partial charge in [-0.05, 0) is 17.7 Å². The van der Waals surface area contributed by atoms with Gasteiger partial charge in [0.25, 0.3) is 0 Å². The zero-order valence-corrected chi connectivity index (χ0v) is 8.75. The second kappa shape index (κ2) is 4.27. The van der Waals surface area contributed by atoms with E-state index < -0.39 is 23.9 Å². The lowest BCUT2D eigenvalue weighted by Gasteiger charge is -2.24. The summed E-state index contributed by atoms with van der Waals surface area (Å²) in [7, 11) is 0. The number of hydrogen-bond donors (Lipinski definition) is 1. The number of carbonyl (C=O) groups is 1. The van der Waals surface area contributed by atoms with Gasteiger partial charge >= 0.3 is 12.3 Å². The summed E-state index contributed by atoms with van der Waals surface area (Å²) in [4.78, 5) is 11.0. The summed E-state index contributed by atoms with van der Waals surface area (Å²) in [5, 5.41) is 2.48. The summed E-state index contributed by atoms with van der Waals surface area (Å²) < 4.78 is 42.2. The van der Waals surface area contributed by atoms with E-state index in [9.17, 15) is 18.0 Å². The van der Waals surface area contributed by atoms with Crippen molar-refractivity contribution in [1.29, 1.82) is 0 Å². The molecule has 2 rings (SSSR count). The van der Waals surface area contributed by atoms with Crippen LogP contribution in [0.2, 0.25) is 0 Å². The van der Waals surface area contributed by atoms with Crippen molar-refractivity contribution < 1.29 is 22.7 Å². The van der Waals surface area contributed by atoms with Gasteiger partial charge in [-0.2, -0.15) is 13.2 Å². The van der Waals surface area contributed by atoms with Crippen LogP contribution in [-0.2, 0) is 10.9 Å². The molecule has 92 valence electrons. The fourth-order valence-electron chi connectivity index (χ4n) is 1.71. The summed E-state index contributed by atoms with van der Waals surface area (Å²) in [6.07, 6.45) is -4.50. The third-order valence-electron chi connectivity index (χ3n) is 2.55. The molecule has 1 aromatic rings. The SMILES string of the molecule is O=C1N[C@H](c2cccc(C(F)(F)F)c2)CCO1. The quantitative estimate of drug-likeness (QED) is 0.826. The molecular weight excluding hydrogens is 235 g/mol. The second-order valence-electron chi connectivity index (χ2n) is 3.74. The van der Waals surface area contributed by atoms with Gasteiger partial charge in [-0.15, -0.1) is 0 Å². The predicted octanol–water partition coefficient (Wildman–Crippen LogP) is 2.88. The van der Waals surface area contributed by atoms with Crippen LogP contribution >= 0.6 is 0 Å². The van der Waals surface area contributed by atoms with Crippen LogP contribution in [0.4, 0.5) is 18.0 Å². The van der Waals surface area contributed by atoms with E-state index >= 15 is 0 Å². The van der Waals surface area contributed by atoms with Crippen LogP contribution < -0.4 is 5.32 Å². The minimum Gasteiger partial charge on any atom is -0.449 e. The highest BCUT2D eigenvalue weighted by Gasteiger charge is 2.31. The number of cyclic esters (lactones) is 1. The van der Waals surface area contributed by atoms with Crippen molar-refractivity contribution in [2.45, 2.75) is 18.6 Å². The van der Waals surface area contributed by atoms with Gasteiger partial charge in [-0.25, -0.2) is 4.79 Å². The van der Waals surface area contributed by atoms with Crippen LogP contribution in [-0.4, -0.2) is 12.7 Å². The second-order valence-corrected chi connectivity index (χ2v) is 3.74. The number of amides is 1. The Morgan fingerprint density at radius 1 is 1.35 bits per heavy atom. The van der Waals surface area contributed by atoms with Gasteiger partial charge in [-0.3, -0.25) is 0 Å². The number of alkyl halides is 3. The molecule has 1 atom stereocenters. The number of carbonyl (C=O) groups excluding carboxylic acids is 1. The number of halogens is 3. The van der Waals surface area contributed by atoms with Crippen molar-refractivity contribution >= 4 is 6.09 Å². The van der Waals surface area contributed by atoms with Crippen LogP contribution in [0.5, 0.6) is 0 Å². The summed E-state index contributed by atoms with van der Waals surface area (Å²) in [5.41, 5.74) is -0.271. The maximum Gasteiger partial charge on any atom is 0.416 e. The Bertz CT molecular complexity index is 431. The molecule has 1 N–H and O–H groups in total. The Balaban J connectivity index is 2.24. The summed E-state index contributed by atoms with van der Waals surface area (Å²) in [6, 6.07) is 4.53. The minimum atomic E-state index is -4.37. The van der Waals surface area contributed by atoms with Crippen LogP contribution in [0.25, 0.3) is 0 Å². The fourth-order valence-corrected chi connectivity index (χ4v) is 1.71. The van der Waals surface area contributed by atoms with Crippen molar-refractivity contribution in [3.8, 4) is 0 Å². The highest BCUT2D eigenvalue weighted by molar-refractivity contribution is 5.68. The molecular formula is C11H10F3NO2. The third-order valence-corrected chi connectivity index (χ3v) is 2.55. The van der Waals surface area contributed by atoms with Crippen molar-refractivity contribution in [3.05, 3.63) is 35.4 Å². The Labute approximate surface area is 95.6 Å². The Morgan fingerprint density at radius 3 is 2.76 bits per heavy atom. The lowest BCUT2D eigenvalue weighted by Crippen LogP contribution is -2.35. The van der Waals surface area contributed by atoms with Crippen LogP contribution in [0.3, 0.4) is 0 Å². The molecule has 17 heavy (non-hydrogen) atoms. The molecule has 0 unspecified atom stereocenters. The Kier molecular flexibility index (Phi) is 2.95. The fraction of sp³-hybridized carbons (Fsp3) is 0.364. The molecule has 1 aliphatic rings. The Hall–Kier alpha value is -1.72. The topological polar surface area (TPSA) is 38.3 Å². The first-order valence-electron chi connectivity index (χ1n) is 5.07. The summed E-state index contributed by atoms with van der Waals surface area (Å²) in [5.74, 6) is 0. The molecule has 3 nitrogen and oxygen atoms in total. The Morgan fingerprint density at radius 2 is 2.12 bits per heavy atom. The molecule has 0 saturated carbocycles. The van der Waals surface area contributed by atoms with E-state index in [0.717, 1.165) is 12.1 Å². The van der Waals surface area contributed by atoms with E-state index in [2.05, 4.69) is 10.1 Å². The average Bonchev–Trinajstić information content (AvgIpc) is 2.28. The predicted molar refractivity (Wildman–Crippen MR) is 53.3 cm³/mol. The number of nitrogens with one attached hydrogen (secondary N) is 1. The monoisotopic (exact) mass is 245 g/mol. The zero-order valence-electron chi connectivity index (χ0n) is 8.75. The molecule has 1 fully saturated rings. The standard InChI is InChI=1S/C11H10F3NO2/c12-11(13,14)8-3-1-2-7(6-8)9-4-5-17-10(16)15-9/h1-3,6,9H,4-5H2,(H,15,16)/t9-/m0/s1. The first-order valence-corrected chi connectivity index (χ1v) is 5.07. The lowest BCUT2D eigenvalue weighted by molar-refractivity contribution is -0.137. The van der Waals surface area contributed by atoms with Crippen LogP contribution in [0, 0.1) is 0 Å². The maximum atomic E-state index is 12.5. The van der Waals surface area contributed by atoms with E-state index in [4.69, 9.17) is 0 Å². The van der Waals surface area contributed by atoms with E-state index in [1.807, 2.05) is 0 Å². The number of hydrogen-bond acceptors (Lipinski definition) is 2. The highest BCUT2D eigenvalue weighted by Crippen LogP contribution is 2.31. The molecule has 1 aromatic carbocycles. The van der Waals surface area contributed by atoms with Crippen LogP contribution in [0.15, 0.2) is 24.3 Å². The smallest absolute Gasteiger partial charge is 0.416 e. The van der Waals surface area contributed by atoms with E-state index in [1.165, 1.54) is 6.07 Å². The minimum absolute atomic E-state index is 0.215. The first-order chi connectivity index (χ1) is 7.97. The zero-order chi connectivity index (χ0) is 12.5. The lowest BCUT2D eigenvalue weighted by atomic mass is 10.0. The van der Waals surface area contributed by atoms with Gasteiger partial charge in [0, 0.05) is 6.42 Å². The van der Waals surface area contributed by atoms with Crippen molar-refractivity contribution in [3.63, 3.8) is 0 Å². The average molecular weight is 245 g/mol. The van der Waals surface area contributed by atoms with Gasteiger partial charge in [-0.1, -0.05) is 12.1 Å². The molecule has 1 heterocycles. The molecule has 1 aliphatic heterocycles. The highest BCUT2D eigenvalue weighted by atomic mass is 19.4. The molecule has 1 saturated heterocycles. The normalized spacial score (nSPS) is 20.6. The molecule has 0 aromatic heterocycles. The molecule has 0 aliphatic carbocycles. The van der Waals surface area contributed by atoms with Crippen LogP contribution in [0.1, 0.15) is 23.6 Å². The number of ether oxygens (including phenoxy) is 1. The van der Waals surface area contributed by atoms with E-state index in [-0.39, 0.29) is 6.61 Å². The van der Waals surface area contributed by atoms with Gasteiger partial charge < -0.3 is 10.1 Å². The van der Waals surface area contributed by atoms with Gasteiger partial charge in [0.05, 0.1) is 18.2 Å². The van der Waals surface area contributed by atoms with Crippen molar-refractivity contribution in [2.24, 2.45) is 0 Å². The number of alkyl carbamates (subject to hydrolysis) is 1. The van der Waals surface area contributed by atoms with Crippen molar-refractivity contribution in [2.75, 3.05) is 6.61 Å². The van der Waals surface area contributed by atoms with Crippen molar-refractivity contribution in [1.82, 2.24) is 5.32 Å². The van der Waals surface area contributed by atoms with Gasteiger partial charge in [0.2, 0.25) is 0 Å². The molecule has 0 spiro atoms. The molecule has 6 heteroatoms. The largest absolute Gasteiger partial charge is 0.449 e. The number of rotatable bonds is 1. The summed E-state index contributed by atoms with van der Waals surface area (Å²) >= 11 is 0. The third kappa shape index (κ3) is 2.69. The molecule has 0 radical (unpaired) electrons. The maximum absolute atomic E-state index is 12.5. The van der Waals surface area contributed by atoms with Gasteiger partial charge in [0.1, 0.15) is 0 Å². The van der Waals surface area contributed by atoms with Gasteiger partial charge in [0.15, 0.2) is 0 Å². The van der Waals surface area contributed by atoms with E-state index in [1.54, 1.807) is 6.07 Å².